The largest absolute Gasteiger partial charge is 0.497 e. The van der Waals surface area contributed by atoms with Crippen molar-refractivity contribution in [2.45, 2.75) is 13.8 Å². The fourth-order valence-corrected chi connectivity index (χ4v) is 2.92. The van der Waals surface area contributed by atoms with Crippen LogP contribution in [0, 0.1) is 13.8 Å². The van der Waals surface area contributed by atoms with Gasteiger partial charge in [-0.05, 0) is 49.7 Å². The van der Waals surface area contributed by atoms with Gasteiger partial charge in [-0.1, -0.05) is 0 Å². The van der Waals surface area contributed by atoms with Crippen molar-refractivity contribution < 1.29 is 14.3 Å². The molecule has 0 aliphatic heterocycles. The number of thiophene rings is 1. The fraction of sp³-hybridized carbons (Fsp3) is 0.294. The van der Waals surface area contributed by atoms with Crippen molar-refractivity contribution in [1.82, 2.24) is 10.6 Å². The van der Waals surface area contributed by atoms with Gasteiger partial charge < -0.3 is 15.4 Å². The predicted octanol–water partition coefficient (Wildman–Crippen LogP) is 2.53. The number of hydrogen-bond donors (Lipinski definition) is 2. The summed E-state index contributed by atoms with van der Waals surface area (Å²) in [6.45, 7) is 4.74. The maximum atomic E-state index is 12.0. The molecule has 0 saturated carbocycles. The van der Waals surface area contributed by atoms with Gasteiger partial charge in [0.05, 0.1) is 12.0 Å². The Morgan fingerprint density at radius 3 is 2.17 bits per heavy atom. The Morgan fingerprint density at radius 2 is 1.65 bits per heavy atom. The SMILES string of the molecule is COc1ccc(C(=O)NCCNC(=O)c2cc(C)c(C)s2)cc1. The average molecular weight is 332 g/mol. The van der Waals surface area contributed by atoms with Crippen LogP contribution in [0.1, 0.15) is 30.5 Å². The second-order valence-corrected chi connectivity index (χ2v) is 6.35. The molecule has 0 radical (unpaired) electrons. The Balaban J connectivity index is 1.76. The van der Waals surface area contributed by atoms with E-state index >= 15 is 0 Å². The number of ether oxygens (including phenoxy) is 1. The van der Waals surface area contributed by atoms with E-state index in [0.717, 1.165) is 10.4 Å². The zero-order chi connectivity index (χ0) is 16.8. The minimum atomic E-state index is -0.176. The smallest absolute Gasteiger partial charge is 0.261 e. The molecule has 1 aromatic carbocycles. The van der Waals surface area contributed by atoms with Crippen LogP contribution in [0.25, 0.3) is 0 Å². The third kappa shape index (κ3) is 4.56. The van der Waals surface area contributed by atoms with Crippen LogP contribution in [0.15, 0.2) is 30.3 Å². The summed E-state index contributed by atoms with van der Waals surface area (Å²) in [5.74, 6) is 0.421. The van der Waals surface area contributed by atoms with Gasteiger partial charge >= 0.3 is 0 Å². The van der Waals surface area contributed by atoms with Gasteiger partial charge in [0, 0.05) is 23.5 Å². The highest BCUT2D eigenvalue weighted by Crippen LogP contribution is 2.20. The molecule has 2 aromatic rings. The van der Waals surface area contributed by atoms with E-state index in [9.17, 15) is 9.59 Å². The topological polar surface area (TPSA) is 67.4 Å². The Kier molecular flexibility index (Phi) is 5.76. The van der Waals surface area contributed by atoms with Gasteiger partial charge in [-0.25, -0.2) is 0 Å². The van der Waals surface area contributed by atoms with Crippen molar-refractivity contribution >= 4 is 23.2 Å². The monoisotopic (exact) mass is 332 g/mol. The summed E-state index contributed by atoms with van der Waals surface area (Å²) in [7, 11) is 1.58. The van der Waals surface area contributed by atoms with Gasteiger partial charge in [0.15, 0.2) is 0 Å². The molecule has 0 aliphatic rings. The summed E-state index contributed by atoms with van der Waals surface area (Å²) in [6, 6.07) is 8.75. The predicted molar refractivity (Wildman–Crippen MR) is 91.5 cm³/mol. The summed E-state index contributed by atoms with van der Waals surface area (Å²) in [5.41, 5.74) is 1.68. The first-order valence-corrected chi connectivity index (χ1v) is 8.10. The van der Waals surface area contributed by atoms with Crippen LogP contribution in [0.3, 0.4) is 0 Å². The minimum absolute atomic E-state index is 0.107. The van der Waals surface area contributed by atoms with E-state index in [0.29, 0.717) is 29.3 Å². The first-order valence-electron chi connectivity index (χ1n) is 7.28. The van der Waals surface area contributed by atoms with Gasteiger partial charge in [0.2, 0.25) is 0 Å². The minimum Gasteiger partial charge on any atom is -0.497 e. The normalized spacial score (nSPS) is 10.2. The summed E-state index contributed by atoms with van der Waals surface area (Å²) >= 11 is 1.48. The molecule has 2 rings (SSSR count). The van der Waals surface area contributed by atoms with E-state index in [2.05, 4.69) is 10.6 Å². The summed E-state index contributed by atoms with van der Waals surface area (Å²) in [6.07, 6.45) is 0. The van der Waals surface area contributed by atoms with Crippen molar-refractivity contribution in [3.63, 3.8) is 0 Å². The van der Waals surface area contributed by atoms with E-state index in [1.807, 2.05) is 19.9 Å². The second-order valence-electron chi connectivity index (χ2n) is 5.09. The number of methoxy groups -OCH3 is 1. The van der Waals surface area contributed by atoms with Crippen molar-refractivity contribution in [3.05, 3.63) is 51.2 Å². The van der Waals surface area contributed by atoms with Gasteiger partial charge in [0.25, 0.3) is 11.8 Å². The van der Waals surface area contributed by atoms with Crippen LogP contribution in [0.4, 0.5) is 0 Å². The highest BCUT2D eigenvalue weighted by atomic mass is 32.1. The molecule has 0 unspecified atom stereocenters. The summed E-state index contributed by atoms with van der Waals surface area (Å²) in [5, 5.41) is 5.57. The molecule has 122 valence electrons. The van der Waals surface area contributed by atoms with Gasteiger partial charge in [-0.15, -0.1) is 11.3 Å². The highest BCUT2D eigenvalue weighted by Gasteiger charge is 2.10. The number of benzene rings is 1. The number of carbonyl (C=O) groups is 2. The quantitative estimate of drug-likeness (QED) is 0.799. The first-order chi connectivity index (χ1) is 11.0. The molecule has 1 aromatic heterocycles. The average Bonchev–Trinajstić information content (AvgIpc) is 2.90. The molecule has 0 atom stereocenters. The lowest BCUT2D eigenvalue weighted by Crippen LogP contribution is -2.34. The van der Waals surface area contributed by atoms with Crippen molar-refractivity contribution in [2.75, 3.05) is 20.2 Å². The second kappa shape index (κ2) is 7.78. The van der Waals surface area contributed by atoms with Crippen molar-refractivity contribution in [2.24, 2.45) is 0 Å². The highest BCUT2D eigenvalue weighted by molar-refractivity contribution is 7.14. The molecule has 0 saturated heterocycles. The molecule has 6 heteroatoms. The summed E-state index contributed by atoms with van der Waals surface area (Å²) < 4.78 is 5.05. The Labute approximate surface area is 139 Å². The first kappa shape index (κ1) is 17.0. The Bertz CT molecular complexity index is 673. The number of nitrogens with one attached hydrogen (secondary N) is 2. The number of amides is 2. The lowest BCUT2D eigenvalue weighted by molar-refractivity contribution is 0.0929. The van der Waals surface area contributed by atoms with Crippen LogP contribution < -0.4 is 15.4 Å². The molecule has 0 bridgehead atoms. The lowest BCUT2D eigenvalue weighted by atomic mass is 10.2. The zero-order valence-electron chi connectivity index (χ0n) is 13.4. The third-order valence-corrected chi connectivity index (χ3v) is 4.59. The van der Waals surface area contributed by atoms with Crippen LogP contribution in [-0.4, -0.2) is 32.0 Å². The number of rotatable bonds is 6. The van der Waals surface area contributed by atoms with Crippen LogP contribution in [-0.2, 0) is 0 Å². The molecule has 2 N–H and O–H groups in total. The summed E-state index contributed by atoms with van der Waals surface area (Å²) in [4.78, 5) is 25.7. The molecule has 0 aliphatic carbocycles. The molecule has 1 heterocycles. The molecule has 2 amide bonds. The van der Waals surface area contributed by atoms with Crippen LogP contribution >= 0.6 is 11.3 Å². The third-order valence-electron chi connectivity index (χ3n) is 3.44. The fourth-order valence-electron chi connectivity index (χ4n) is 1.97. The van der Waals surface area contributed by atoms with E-state index in [1.165, 1.54) is 11.3 Å². The molecule has 23 heavy (non-hydrogen) atoms. The van der Waals surface area contributed by atoms with E-state index < -0.39 is 0 Å². The van der Waals surface area contributed by atoms with Gasteiger partial charge in [0.1, 0.15) is 5.75 Å². The van der Waals surface area contributed by atoms with E-state index in [1.54, 1.807) is 31.4 Å². The Morgan fingerprint density at radius 1 is 1.04 bits per heavy atom. The molecular weight excluding hydrogens is 312 g/mol. The maximum absolute atomic E-state index is 12.0. The standard InChI is InChI=1S/C17H20N2O3S/c1-11-10-15(23-12(11)2)17(21)19-9-8-18-16(20)13-4-6-14(22-3)7-5-13/h4-7,10H,8-9H2,1-3H3,(H,18,20)(H,19,21). The molecule has 5 nitrogen and oxygen atoms in total. The van der Waals surface area contributed by atoms with Gasteiger partial charge in [-0.2, -0.15) is 0 Å². The maximum Gasteiger partial charge on any atom is 0.261 e. The van der Waals surface area contributed by atoms with Gasteiger partial charge in [-0.3, -0.25) is 9.59 Å². The van der Waals surface area contributed by atoms with Crippen molar-refractivity contribution in [1.29, 1.82) is 0 Å². The van der Waals surface area contributed by atoms with Crippen LogP contribution in [0.2, 0.25) is 0 Å². The number of hydrogen-bond acceptors (Lipinski definition) is 4. The molecule has 0 fully saturated rings. The molecular formula is C17H20N2O3S. The Hall–Kier alpha value is -2.34. The molecule has 0 spiro atoms. The number of aryl methyl sites for hydroxylation is 2. The zero-order valence-corrected chi connectivity index (χ0v) is 14.3. The van der Waals surface area contributed by atoms with Crippen LogP contribution in [0.5, 0.6) is 5.75 Å². The lowest BCUT2D eigenvalue weighted by Gasteiger charge is -2.07. The van der Waals surface area contributed by atoms with E-state index in [-0.39, 0.29) is 11.8 Å². The number of carbonyl (C=O) groups excluding carboxylic acids is 2. The van der Waals surface area contributed by atoms with E-state index in [4.69, 9.17) is 4.74 Å². The van der Waals surface area contributed by atoms with Crippen molar-refractivity contribution in [3.8, 4) is 5.75 Å².